The number of carbonyl (C=O) groups is 1. The van der Waals surface area contributed by atoms with E-state index in [1.807, 2.05) is 48.5 Å². The summed E-state index contributed by atoms with van der Waals surface area (Å²) < 4.78 is 5.41. The highest BCUT2D eigenvalue weighted by molar-refractivity contribution is 5.94. The molecular weight excluding hydrogens is 312 g/mol. The van der Waals surface area contributed by atoms with Gasteiger partial charge in [-0.05, 0) is 52.9 Å². The predicted molar refractivity (Wildman–Crippen MR) is 102 cm³/mol. The van der Waals surface area contributed by atoms with E-state index in [1.54, 1.807) is 12.3 Å². The molecule has 0 fully saturated rings. The predicted octanol–water partition coefficient (Wildman–Crippen LogP) is 4.31. The molecule has 0 saturated carbocycles. The van der Waals surface area contributed by atoms with Gasteiger partial charge in [-0.15, -0.1) is 0 Å². The first-order chi connectivity index (χ1) is 11.9. The van der Waals surface area contributed by atoms with Crippen molar-refractivity contribution in [1.82, 2.24) is 5.43 Å². The third kappa shape index (κ3) is 5.60. The van der Waals surface area contributed by atoms with Crippen LogP contribution in [0.2, 0.25) is 0 Å². The summed E-state index contributed by atoms with van der Waals surface area (Å²) in [6.07, 6.45) is 3.29. The van der Waals surface area contributed by atoms with Crippen molar-refractivity contribution in [2.75, 3.05) is 6.61 Å². The molecule has 25 heavy (non-hydrogen) atoms. The molecule has 0 aliphatic carbocycles. The molecule has 0 aliphatic heterocycles. The molecule has 4 heteroatoms. The lowest BCUT2D eigenvalue weighted by molar-refractivity contribution is 0.0955. The monoisotopic (exact) mass is 336 g/mol. The highest BCUT2D eigenvalue weighted by atomic mass is 16.5. The van der Waals surface area contributed by atoms with Crippen LogP contribution in [0.3, 0.4) is 0 Å². The van der Waals surface area contributed by atoms with Gasteiger partial charge in [0.15, 0.2) is 0 Å². The van der Waals surface area contributed by atoms with Crippen molar-refractivity contribution in [3.05, 3.63) is 77.9 Å². The molecule has 0 spiro atoms. The minimum absolute atomic E-state index is 0.0642. The number of rotatable bonds is 6. The van der Waals surface area contributed by atoms with Crippen LogP contribution in [0.1, 0.15) is 42.3 Å². The van der Waals surface area contributed by atoms with Crippen molar-refractivity contribution in [2.24, 2.45) is 5.10 Å². The van der Waals surface area contributed by atoms with Gasteiger partial charge in [0.05, 0.1) is 6.21 Å². The van der Waals surface area contributed by atoms with Crippen molar-refractivity contribution in [3.8, 4) is 5.75 Å². The number of hydrogen-bond acceptors (Lipinski definition) is 3. The van der Waals surface area contributed by atoms with Gasteiger partial charge in [0.2, 0.25) is 0 Å². The smallest absolute Gasteiger partial charge is 0.271 e. The van der Waals surface area contributed by atoms with Crippen molar-refractivity contribution in [2.45, 2.75) is 26.2 Å². The second-order valence-electron chi connectivity index (χ2n) is 6.70. The number of nitrogens with one attached hydrogen (secondary N) is 1. The molecule has 4 nitrogen and oxygen atoms in total. The summed E-state index contributed by atoms with van der Waals surface area (Å²) in [5.74, 6) is 0.530. The molecule has 130 valence electrons. The van der Waals surface area contributed by atoms with Crippen molar-refractivity contribution in [1.29, 1.82) is 0 Å². The molecule has 0 unspecified atom stereocenters. The number of carbonyl (C=O) groups excluding carboxylic acids is 1. The van der Waals surface area contributed by atoms with Gasteiger partial charge in [-0.2, -0.15) is 5.10 Å². The van der Waals surface area contributed by atoms with Crippen LogP contribution >= 0.6 is 0 Å². The molecule has 2 aromatic rings. The van der Waals surface area contributed by atoms with E-state index in [-0.39, 0.29) is 11.3 Å². The molecular formula is C21H24N2O2. The van der Waals surface area contributed by atoms with Gasteiger partial charge in [0.25, 0.3) is 5.91 Å². The van der Waals surface area contributed by atoms with Crippen LogP contribution in [0.4, 0.5) is 0 Å². The summed E-state index contributed by atoms with van der Waals surface area (Å²) in [5, 5.41) is 4.00. The molecule has 0 atom stereocenters. The summed E-state index contributed by atoms with van der Waals surface area (Å²) >= 11 is 0. The van der Waals surface area contributed by atoms with E-state index in [2.05, 4.69) is 37.9 Å². The van der Waals surface area contributed by atoms with Crippen molar-refractivity contribution in [3.63, 3.8) is 0 Å². The lowest BCUT2D eigenvalue weighted by atomic mass is 9.87. The first-order valence-electron chi connectivity index (χ1n) is 8.18. The van der Waals surface area contributed by atoms with Gasteiger partial charge in [0.1, 0.15) is 12.4 Å². The van der Waals surface area contributed by atoms with Gasteiger partial charge in [0, 0.05) is 5.56 Å². The Bertz CT molecular complexity index is 739. The Morgan fingerprint density at radius 1 is 1.12 bits per heavy atom. The summed E-state index contributed by atoms with van der Waals surface area (Å²) in [6.45, 7) is 10.5. The third-order valence-electron chi connectivity index (χ3n) is 3.64. The number of nitrogens with zero attached hydrogens (tertiary/aromatic N) is 1. The lowest BCUT2D eigenvalue weighted by Crippen LogP contribution is -2.18. The fourth-order valence-corrected chi connectivity index (χ4v) is 2.16. The topological polar surface area (TPSA) is 50.7 Å². The van der Waals surface area contributed by atoms with Gasteiger partial charge < -0.3 is 4.74 Å². The highest BCUT2D eigenvalue weighted by Gasteiger charge is 2.14. The maximum absolute atomic E-state index is 12.1. The Morgan fingerprint density at radius 2 is 1.76 bits per heavy atom. The summed E-state index contributed by atoms with van der Waals surface area (Å²) in [6, 6.07) is 15.0. The molecule has 0 radical (unpaired) electrons. The van der Waals surface area contributed by atoms with E-state index in [1.165, 1.54) is 5.56 Å². The molecule has 0 aliphatic rings. The molecule has 2 rings (SSSR count). The molecule has 0 heterocycles. The third-order valence-corrected chi connectivity index (χ3v) is 3.64. The number of ether oxygens (including phenoxy) is 1. The summed E-state index contributed by atoms with van der Waals surface area (Å²) in [4.78, 5) is 12.1. The number of amides is 1. The van der Waals surface area contributed by atoms with Crippen LogP contribution in [-0.2, 0) is 5.41 Å². The Morgan fingerprint density at radius 3 is 2.32 bits per heavy atom. The number of benzene rings is 2. The van der Waals surface area contributed by atoms with Crippen molar-refractivity contribution < 1.29 is 9.53 Å². The number of hydrazone groups is 1. The van der Waals surface area contributed by atoms with Crippen LogP contribution in [-0.4, -0.2) is 18.7 Å². The maximum Gasteiger partial charge on any atom is 0.271 e. The Labute approximate surface area is 149 Å². The van der Waals surface area contributed by atoms with E-state index in [4.69, 9.17) is 4.74 Å². The SMILES string of the molecule is C=CCOc1ccc(/C=N\NC(=O)c2ccc(C(C)(C)C)cc2)cc1. The first kappa shape index (κ1) is 18.5. The summed E-state index contributed by atoms with van der Waals surface area (Å²) in [5.41, 5.74) is 5.24. The zero-order valence-corrected chi connectivity index (χ0v) is 15.0. The molecule has 0 saturated heterocycles. The first-order valence-corrected chi connectivity index (χ1v) is 8.18. The zero-order chi connectivity index (χ0) is 18.3. The van der Waals surface area contributed by atoms with Crippen LogP contribution in [0.15, 0.2) is 66.3 Å². The van der Waals surface area contributed by atoms with E-state index < -0.39 is 0 Å². The zero-order valence-electron chi connectivity index (χ0n) is 15.0. The standard InChI is InChI=1S/C21H24N2O2/c1-5-14-25-19-12-6-16(7-13-19)15-22-23-20(24)17-8-10-18(11-9-17)21(2,3)4/h5-13,15H,1,14H2,2-4H3,(H,23,24)/b22-15-. The molecule has 0 aromatic heterocycles. The van der Waals surface area contributed by atoms with Gasteiger partial charge in [-0.1, -0.05) is 45.6 Å². The normalized spacial score (nSPS) is 11.3. The fourth-order valence-electron chi connectivity index (χ4n) is 2.16. The van der Waals surface area contributed by atoms with E-state index in [0.717, 1.165) is 11.3 Å². The lowest BCUT2D eigenvalue weighted by Gasteiger charge is -2.18. The van der Waals surface area contributed by atoms with Gasteiger partial charge in [-0.3, -0.25) is 4.79 Å². The second kappa shape index (κ2) is 8.29. The van der Waals surface area contributed by atoms with Crippen LogP contribution < -0.4 is 10.2 Å². The van der Waals surface area contributed by atoms with Gasteiger partial charge in [-0.25, -0.2) is 5.43 Å². The number of hydrogen-bond donors (Lipinski definition) is 1. The van der Waals surface area contributed by atoms with Crippen molar-refractivity contribution >= 4 is 12.1 Å². The van der Waals surface area contributed by atoms with Crippen LogP contribution in [0.5, 0.6) is 5.75 Å². The van der Waals surface area contributed by atoms with E-state index in [9.17, 15) is 4.79 Å². The van der Waals surface area contributed by atoms with Gasteiger partial charge >= 0.3 is 0 Å². The van der Waals surface area contributed by atoms with Crippen LogP contribution in [0.25, 0.3) is 0 Å². The molecule has 1 amide bonds. The van der Waals surface area contributed by atoms with Crippen LogP contribution in [0, 0.1) is 0 Å². The largest absolute Gasteiger partial charge is 0.490 e. The molecule has 0 bridgehead atoms. The van der Waals surface area contributed by atoms with E-state index >= 15 is 0 Å². The molecule has 2 aromatic carbocycles. The van der Waals surface area contributed by atoms with E-state index in [0.29, 0.717) is 12.2 Å². The minimum Gasteiger partial charge on any atom is -0.490 e. The maximum atomic E-state index is 12.1. The Hall–Kier alpha value is -2.88. The molecule has 1 N–H and O–H groups in total. The Balaban J connectivity index is 1.92. The fraction of sp³-hybridized carbons (Fsp3) is 0.238. The average Bonchev–Trinajstić information content (AvgIpc) is 2.60. The minimum atomic E-state index is -0.234. The second-order valence-corrected chi connectivity index (χ2v) is 6.70. The summed E-state index contributed by atoms with van der Waals surface area (Å²) in [7, 11) is 0. The quantitative estimate of drug-likeness (QED) is 0.485. The Kier molecular flexibility index (Phi) is 6.12. The highest BCUT2D eigenvalue weighted by Crippen LogP contribution is 2.22. The average molecular weight is 336 g/mol.